The maximum atomic E-state index is 12.1. The van der Waals surface area contributed by atoms with E-state index in [2.05, 4.69) is 4.72 Å². The predicted molar refractivity (Wildman–Crippen MR) is 71.9 cm³/mol. The zero-order valence-electron chi connectivity index (χ0n) is 11.0. The minimum absolute atomic E-state index is 0.0629. The van der Waals surface area contributed by atoms with Gasteiger partial charge in [0.15, 0.2) is 0 Å². The van der Waals surface area contributed by atoms with E-state index in [4.69, 9.17) is 5.26 Å². The highest BCUT2D eigenvalue weighted by atomic mass is 32.2. The minimum Gasteiger partial charge on any atom is -0.389 e. The van der Waals surface area contributed by atoms with Gasteiger partial charge < -0.3 is 5.11 Å². The fraction of sp³-hybridized carbons (Fsp3) is 0.462. The molecule has 0 saturated carbocycles. The van der Waals surface area contributed by atoms with E-state index < -0.39 is 15.6 Å². The summed E-state index contributed by atoms with van der Waals surface area (Å²) in [5.41, 5.74) is -0.971. The van der Waals surface area contributed by atoms with Crippen LogP contribution in [0.1, 0.15) is 32.3 Å². The number of benzene rings is 1. The largest absolute Gasteiger partial charge is 0.389 e. The van der Waals surface area contributed by atoms with Gasteiger partial charge in [-0.2, -0.15) is 5.26 Å². The second-order valence-corrected chi connectivity index (χ2v) is 6.10. The van der Waals surface area contributed by atoms with Crippen molar-refractivity contribution in [3.8, 4) is 6.07 Å². The molecule has 19 heavy (non-hydrogen) atoms. The highest BCUT2D eigenvalue weighted by Gasteiger charge is 2.26. The standard InChI is InChI=1S/C13H18N2O3S/c1-3-13(16,4-2)10-15-19(17,18)12-8-6-5-7-11(12)9-14/h5-8,15-16H,3-4,10H2,1-2H3. The molecule has 0 atom stereocenters. The Morgan fingerprint density at radius 3 is 2.42 bits per heavy atom. The van der Waals surface area contributed by atoms with Crippen LogP contribution in [0.3, 0.4) is 0 Å². The van der Waals surface area contributed by atoms with Gasteiger partial charge in [0.25, 0.3) is 0 Å². The van der Waals surface area contributed by atoms with Crippen molar-refractivity contribution in [1.29, 1.82) is 5.26 Å². The summed E-state index contributed by atoms with van der Waals surface area (Å²) in [4.78, 5) is -0.0629. The fourth-order valence-electron chi connectivity index (χ4n) is 1.60. The third-order valence-electron chi connectivity index (χ3n) is 3.20. The van der Waals surface area contributed by atoms with Gasteiger partial charge >= 0.3 is 0 Å². The fourth-order valence-corrected chi connectivity index (χ4v) is 2.88. The van der Waals surface area contributed by atoms with Crippen LogP contribution in [0.2, 0.25) is 0 Å². The molecule has 0 radical (unpaired) electrons. The molecule has 0 fully saturated rings. The molecule has 0 aromatic heterocycles. The lowest BCUT2D eigenvalue weighted by molar-refractivity contribution is 0.0377. The van der Waals surface area contributed by atoms with Gasteiger partial charge in [-0.3, -0.25) is 0 Å². The number of sulfonamides is 1. The predicted octanol–water partition coefficient (Wildman–Crippen LogP) is 1.39. The number of aliphatic hydroxyl groups is 1. The van der Waals surface area contributed by atoms with Gasteiger partial charge in [-0.25, -0.2) is 13.1 Å². The summed E-state index contributed by atoms with van der Waals surface area (Å²) in [6.45, 7) is 3.52. The highest BCUT2D eigenvalue weighted by molar-refractivity contribution is 7.89. The molecule has 6 heteroatoms. The first-order valence-corrected chi connectivity index (χ1v) is 7.58. The van der Waals surface area contributed by atoms with Crippen LogP contribution in [0.15, 0.2) is 29.2 Å². The number of rotatable bonds is 6. The summed E-state index contributed by atoms with van der Waals surface area (Å²) in [7, 11) is -3.79. The molecule has 1 aromatic rings. The number of hydrogen-bond donors (Lipinski definition) is 2. The molecule has 0 amide bonds. The number of nitrogens with zero attached hydrogens (tertiary/aromatic N) is 1. The molecular weight excluding hydrogens is 264 g/mol. The average molecular weight is 282 g/mol. The molecule has 2 N–H and O–H groups in total. The summed E-state index contributed by atoms with van der Waals surface area (Å²) >= 11 is 0. The van der Waals surface area contributed by atoms with Gasteiger partial charge in [0, 0.05) is 6.54 Å². The van der Waals surface area contributed by atoms with Gasteiger partial charge in [0.1, 0.15) is 6.07 Å². The maximum absolute atomic E-state index is 12.1. The van der Waals surface area contributed by atoms with E-state index in [9.17, 15) is 13.5 Å². The van der Waals surface area contributed by atoms with Crippen LogP contribution in [0.25, 0.3) is 0 Å². The van der Waals surface area contributed by atoms with Crippen LogP contribution in [-0.2, 0) is 10.0 Å². The average Bonchev–Trinajstić information content (AvgIpc) is 2.44. The molecule has 0 heterocycles. The van der Waals surface area contributed by atoms with Gasteiger partial charge in [0.2, 0.25) is 10.0 Å². The van der Waals surface area contributed by atoms with E-state index in [0.29, 0.717) is 12.8 Å². The summed E-state index contributed by atoms with van der Waals surface area (Å²) in [5, 5.41) is 19.0. The molecule has 0 aliphatic rings. The van der Waals surface area contributed by atoms with E-state index in [-0.39, 0.29) is 17.0 Å². The van der Waals surface area contributed by atoms with E-state index in [1.54, 1.807) is 26.0 Å². The van der Waals surface area contributed by atoms with Crippen LogP contribution in [0, 0.1) is 11.3 Å². The first kappa shape index (κ1) is 15.6. The Labute approximate surface area is 113 Å². The highest BCUT2D eigenvalue weighted by Crippen LogP contribution is 2.17. The normalized spacial score (nSPS) is 12.1. The molecule has 1 aromatic carbocycles. The van der Waals surface area contributed by atoms with Crippen molar-refractivity contribution >= 4 is 10.0 Å². The van der Waals surface area contributed by atoms with Crippen LogP contribution in [-0.4, -0.2) is 25.7 Å². The summed E-state index contributed by atoms with van der Waals surface area (Å²) < 4.78 is 26.6. The molecule has 0 aliphatic carbocycles. The Bertz CT molecular complexity index is 572. The summed E-state index contributed by atoms with van der Waals surface area (Å²) in [5.74, 6) is 0. The van der Waals surface area contributed by atoms with Gasteiger partial charge in [0.05, 0.1) is 16.1 Å². The monoisotopic (exact) mass is 282 g/mol. The zero-order chi connectivity index (χ0) is 14.5. The van der Waals surface area contributed by atoms with Crippen molar-refractivity contribution in [3.63, 3.8) is 0 Å². The van der Waals surface area contributed by atoms with E-state index in [0.717, 1.165) is 0 Å². The Morgan fingerprint density at radius 2 is 1.89 bits per heavy atom. The Hall–Kier alpha value is -1.42. The quantitative estimate of drug-likeness (QED) is 0.825. The molecule has 0 unspecified atom stereocenters. The van der Waals surface area contributed by atoms with E-state index in [1.807, 2.05) is 6.07 Å². The van der Waals surface area contributed by atoms with E-state index >= 15 is 0 Å². The summed E-state index contributed by atoms with van der Waals surface area (Å²) in [6, 6.07) is 7.82. The number of hydrogen-bond acceptors (Lipinski definition) is 4. The zero-order valence-corrected chi connectivity index (χ0v) is 11.9. The van der Waals surface area contributed by atoms with Crippen LogP contribution in [0.4, 0.5) is 0 Å². The number of nitrogens with one attached hydrogen (secondary N) is 1. The lowest BCUT2D eigenvalue weighted by Crippen LogP contribution is -2.42. The summed E-state index contributed by atoms with van der Waals surface area (Å²) in [6.07, 6.45) is 0.901. The molecule has 0 bridgehead atoms. The van der Waals surface area contributed by atoms with Crippen molar-refractivity contribution in [3.05, 3.63) is 29.8 Å². The Kier molecular flexibility index (Phi) is 5.06. The second-order valence-electron chi connectivity index (χ2n) is 4.36. The van der Waals surface area contributed by atoms with Crippen LogP contribution < -0.4 is 4.72 Å². The molecule has 104 valence electrons. The van der Waals surface area contributed by atoms with Crippen molar-refractivity contribution < 1.29 is 13.5 Å². The topological polar surface area (TPSA) is 90.2 Å². The minimum atomic E-state index is -3.79. The molecule has 5 nitrogen and oxygen atoms in total. The molecule has 0 spiro atoms. The lowest BCUT2D eigenvalue weighted by Gasteiger charge is -2.25. The van der Waals surface area contributed by atoms with E-state index in [1.165, 1.54) is 12.1 Å². The molecule has 0 saturated heterocycles. The first-order valence-electron chi connectivity index (χ1n) is 6.09. The molecule has 0 aliphatic heterocycles. The lowest BCUT2D eigenvalue weighted by atomic mass is 9.98. The van der Waals surface area contributed by atoms with Crippen molar-refractivity contribution in [1.82, 2.24) is 4.72 Å². The van der Waals surface area contributed by atoms with Crippen molar-refractivity contribution in [2.45, 2.75) is 37.2 Å². The molecular formula is C13H18N2O3S. The Morgan fingerprint density at radius 1 is 1.32 bits per heavy atom. The van der Waals surface area contributed by atoms with Crippen LogP contribution in [0.5, 0.6) is 0 Å². The second kappa shape index (κ2) is 6.15. The van der Waals surface area contributed by atoms with Gasteiger partial charge in [-0.05, 0) is 25.0 Å². The SMILES string of the molecule is CCC(O)(CC)CNS(=O)(=O)c1ccccc1C#N. The Balaban J connectivity index is 2.98. The van der Waals surface area contributed by atoms with Gasteiger partial charge in [-0.15, -0.1) is 0 Å². The smallest absolute Gasteiger partial charge is 0.241 e. The van der Waals surface area contributed by atoms with Crippen LogP contribution >= 0.6 is 0 Å². The van der Waals surface area contributed by atoms with Gasteiger partial charge in [-0.1, -0.05) is 26.0 Å². The molecule has 1 rings (SSSR count). The van der Waals surface area contributed by atoms with Crippen molar-refractivity contribution in [2.75, 3.05) is 6.54 Å². The first-order chi connectivity index (χ1) is 8.88. The third-order valence-corrected chi connectivity index (χ3v) is 4.66. The number of nitriles is 1. The third kappa shape index (κ3) is 3.77. The maximum Gasteiger partial charge on any atom is 0.241 e. The van der Waals surface area contributed by atoms with Crippen molar-refractivity contribution in [2.24, 2.45) is 0 Å².